The van der Waals surface area contributed by atoms with Gasteiger partial charge in [0, 0.05) is 5.69 Å². The maximum absolute atomic E-state index is 12.6. The van der Waals surface area contributed by atoms with E-state index < -0.39 is 0 Å². The van der Waals surface area contributed by atoms with Gasteiger partial charge in [-0.05, 0) is 41.5 Å². The number of hydrogen-bond donors (Lipinski definition) is 1. The molecule has 1 N–H and O–H groups in total. The van der Waals surface area contributed by atoms with Gasteiger partial charge in [-0.15, -0.1) is 0 Å². The van der Waals surface area contributed by atoms with Crippen molar-refractivity contribution >= 4 is 22.4 Å². The van der Waals surface area contributed by atoms with Crippen LogP contribution in [0.5, 0.6) is 5.75 Å². The highest BCUT2D eigenvalue weighted by molar-refractivity contribution is 6.07. The Kier molecular flexibility index (Phi) is 5.12. The molecule has 0 radical (unpaired) electrons. The number of anilines is 1. The van der Waals surface area contributed by atoms with Gasteiger partial charge in [0.15, 0.2) is 0 Å². The number of carbonyl (C=O) groups is 1. The van der Waals surface area contributed by atoms with Gasteiger partial charge in [-0.25, -0.2) is 0 Å². The fourth-order valence-corrected chi connectivity index (χ4v) is 2.57. The molecule has 0 aromatic heterocycles. The minimum Gasteiger partial charge on any atom is -0.493 e. The van der Waals surface area contributed by atoms with E-state index in [9.17, 15) is 4.79 Å². The molecule has 3 rings (SSSR count). The van der Waals surface area contributed by atoms with Crippen LogP contribution in [0.1, 0.15) is 30.1 Å². The predicted molar refractivity (Wildman–Crippen MR) is 98.7 cm³/mol. The fraction of sp³-hybridized carbons (Fsp3) is 0.190. The lowest BCUT2D eigenvalue weighted by molar-refractivity contribution is 0.102. The Hall–Kier alpha value is -2.81. The van der Waals surface area contributed by atoms with Crippen molar-refractivity contribution in [2.24, 2.45) is 0 Å². The molecule has 0 spiro atoms. The van der Waals surface area contributed by atoms with Gasteiger partial charge in [-0.1, -0.05) is 55.8 Å². The van der Waals surface area contributed by atoms with E-state index in [1.54, 1.807) is 6.07 Å². The van der Waals surface area contributed by atoms with Crippen LogP contribution in [0.15, 0.2) is 66.7 Å². The topological polar surface area (TPSA) is 38.3 Å². The number of rotatable bonds is 6. The maximum Gasteiger partial charge on any atom is 0.259 e. The number of hydrogen-bond acceptors (Lipinski definition) is 2. The average Bonchev–Trinajstić information content (AvgIpc) is 2.62. The third-order valence-electron chi connectivity index (χ3n) is 3.89. The van der Waals surface area contributed by atoms with Crippen molar-refractivity contribution in [3.63, 3.8) is 0 Å². The van der Waals surface area contributed by atoms with Crippen LogP contribution in [0.3, 0.4) is 0 Å². The number of carbonyl (C=O) groups excluding carboxylic acids is 1. The van der Waals surface area contributed by atoms with E-state index in [0.29, 0.717) is 17.9 Å². The van der Waals surface area contributed by atoms with E-state index >= 15 is 0 Å². The SMILES string of the molecule is CCCCOc1ccccc1C(=O)Nc1ccc2ccccc2c1. The Labute approximate surface area is 142 Å². The molecule has 3 aromatic rings. The summed E-state index contributed by atoms with van der Waals surface area (Å²) in [6.45, 7) is 2.73. The molecule has 0 heterocycles. The molecule has 1 amide bonds. The highest BCUT2D eigenvalue weighted by Crippen LogP contribution is 2.22. The molecule has 3 heteroatoms. The summed E-state index contributed by atoms with van der Waals surface area (Å²) in [4.78, 5) is 12.6. The largest absolute Gasteiger partial charge is 0.493 e. The number of fused-ring (bicyclic) bond motifs is 1. The number of unbranched alkanes of at least 4 members (excludes halogenated alkanes) is 1. The zero-order chi connectivity index (χ0) is 16.8. The second kappa shape index (κ2) is 7.64. The van der Waals surface area contributed by atoms with Gasteiger partial charge in [-0.2, -0.15) is 0 Å². The van der Waals surface area contributed by atoms with Crippen LogP contribution in [-0.2, 0) is 0 Å². The van der Waals surface area contributed by atoms with Crippen molar-refractivity contribution in [2.45, 2.75) is 19.8 Å². The zero-order valence-corrected chi connectivity index (χ0v) is 13.8. The van der Waals surface area contributed by atoms with Crippen molar-refractivity contribution in [2.75, 3.05) is 11.9 Å². The van der Waals surface area contributed by atoms with Gasteiger partial charge >= 0.3 is 0 Å². The molecule has 0 saturated carbocycles. The minimum atomic E-state index is -0.155. The quantitative estimate of drug-likeness (QED) is 0.628. The second-order valence-electron chi connectivity index (χ2n) is 5.71. The molecular formula is C21H21NO2. The molecule has 0 aliphatic heterocycles. The first-order chi connectivity index (χ1) is 11.8. The van der Waals surface area contributed by atoms with E-state index in [2.05, 4.69) is 18.3 Å². The molecule has 0 bridgehead atoms. The molecule has 0 atom stereocenters. The monoisotopic (exact) mass is 319 g/mol. The van der Waals surface area contributed by atoms with Crippen LogP contribution >= 0.6 is 0 Å². The first-order valence-corrected chi connectivity index (χ1v) is 8.30. The maximum atomic E-state index is 12.6. The molecule has 0 saturated heterocycles. The van der Waals surface area contributed by atoms with E-state index in [0.717, 1.165) is 29.3 Å². The lowest BCUT2D eigenvalue weighted by Crippen LogP contribution is -2.13. The third kappa shape index (κ3) is 3.74. The van der Waals surface area contributed by atoms with E-state index in [-0.39, 0.29) is 5.91 Å². The van der Waals surface area contributed by atoms with Crippen molar-refractivity contribution < 1.29 is 9.53 Å². The predicted octanol–water partition coefficient (Wildman–Crippen LogP) is 5.27. The normalized spacial score (nSPS) is 10.5. The van der Waals surface area contributed by atoms with Crippen molar-refractivity contribution in [1.29, 1.82) is 0 Å². The first-order valence-electron chi connectivity index (χ1n) is 8.30. The van der Waals surface area contributed by atoms with Gasteiger partial charge in [0.25, 0.3) is 5.91 Å². The lowest BCUT2D eigenvalue weighted by Gasteiger charge is -2.12. The van der Waals surface area contributed by atoms with Gasteiger partial charge in [0.2, 0.25) is 0 Å². The minimum absolute atomic E-state index is 0.155. The van der Waals surface area contributed by atoms with Crippen LogP contribution < -0.4 is 10.1 Å². The molecule has 3 nitrogen and oxygen atoms in total. The van der Waals surface area contributed by atoms with Crippen LogP contribution in [0.25, 0.3) is 10.8 Å². The third-order valence-corrected chi connectivity index (χ3v) is 3.89. The van der Waals surface area contributed by atoms with Crippen molar-refractivity contribution in [3.8, 4) is 5.75 Å². The summed E-state index contributed by atoms with van der Waals surface area (Å²) < 4.78 is 5.75. The van der Waals surface area contributed by atoms with Crippen LogP contribution in [0.4, 0.5) is 5.69 Å². The van der Waals surface area contributed by atoms with Crippen LogP contribution in [0.2, 0.25) is 0 Å². The Morgan fingerprint density at radius 1 is 0.958 bits per heavy atom. The van der Waals surface area contributed by atoms with E-state index in [1.165, 1.54) is 0 Å². The Morgan fingerprint density at radius 2 is 1.71 bits per heavy atom. The highest BCUT2D eigenvalue weighted by atomic mass is 16.5. The summed E-state index contributed by atoms with van der Waals surface area (Å²) in [6.07, 6.45) is 2.03. The van der Waals surface area contributed by atoms with Crippen LogP contribution in [-0.4, -0.2) is 12.5 Å². The summed E-state index contributed by atoms with van der Waals surface area (Å²) in [6, 6.07) is 21.3. The molecule has 0 fully saturated rings. The fourth-order valence-electron chi connectivity index (χ4n) is 2.57. The summed E-state index contributed by atoms with van der Waals surface area (Å²) in [5.41, 5.74) is 1.34. The van der Waals surface area contributed by atoms with Gasteiger partial charge in [-0.3, -0.25) is 4.79 Å². The lowest BCUT2D eigenvalue weighted by atomic mass is 10.1. The second-order valence-corrected chi connectivity index (χ2v) is 5.71. The Balaban J connectivity index is 1.78. The van der Waals surface area contributed by atoms with Crippen molar-refractivity contribution in [1.82, 2.24) is 0 Å². The standard InChI is InChI=1S/C21H21NO2/c1-2-3-14-24-20-11-7-6-10-19(20)21(23)22-18-13-12-16-8-4-5-9-17(16)15-18/h4-13,15H,2-3,14H2,1H3,(H,22,23). The summed E-state index contributed by atoms with van der Waals surface area (Å²) >= 11 is 0. The van der Waals surface area contributed by atoms with Gasteiger partial charge in [0.1, 0.15) is 5.75 Å². The summed E-state index contributed by atoms with van der Waals surface area (Å²) in [5, 5.41) is 5.21. The molecule has 0 unspecified atom stereocenters. The number of nitrogens with one attached hydrogen (secondary N) is 1. The number of para-hydroxylation sites is 1. The number of amides is 1. The molecule has 122 valence electrons. The molecular weight excluding hydrogens is 298 g/mol. The molecule has 24 heavy (non-hydrogen) atoms. The van der Waals surface area contributed by atoms with Crippen LogP contribution in [0, 0.1) is 0 Å². The Bertz CT molecular complexity index is 842. The Morgan fingerprint density at radius 3 is 2.54 bits per heavy atom. The molecule has 0 aliphatic rings. The van der Waals surface area contributed by atoms with E-state index in [1.807, 2.05) is 54.6 Å². The zero-order valence-electron chi connectivity index (χ0n) is 13.8. The van der Waals surface area contributed by atoms with Gasteiger partial charge < -0.3 is 10.1 Å². The first kappa shape index (κ1) is 16.1. The van der Waals surface area contributed by atoms with E-state index in [4.69, 9.17) is 4.74 Å². The summed E-state index contributed by atoms with van der Waals surface area (Å²) in [7, 11) is 0. The van der Waals surface area contributed by atoms with Gasteiger partial charge in [0.05, 0.1) is 12.2 Å². The van der Waals surface area contributed by atoms with Crippen molar-refractivity contribution in [3.05, 3.63) is 72.3 Å². The smallest absolute Gasteiger partial charge is 0.259 e. The number of benzene rings is 3. The molecule has 0 aliphatic carbocycles. The number of ether oxygens (including phenoxy) is 1. The highest BCUT2D eigenvalue weighted by Gasteiger charge is 2.12. The average molecular weight is 319 g/mol. The summed E-state index contributed by atoms with van der Waals surface area (Å²) in [5.74, 6) is 0.474. The molecule has 3 aromatic carbocycles.